The van der Waals surface area contributed by atoms with Gasteiger partial charge in [0.05, 0.1) is 5.70 Å². The summed E-state index contributed by atoms with van der Waals surface area (Å²) in [5, 5.41) is 1.83. The maximum absolute atomic E-state index is 5.63. The summed E-state index contributed by atoms with van der Waals surface area (Å²) in [5.41, 5.74) is 9.59. The van der Waals surface area contributed by atoms with Crippen molar-refractivity contribution in [3.8, 4) is 0 Å². The van der Waals surface area contributed by atoms with Gasteiger partial charge in [-0.05, 0) is 19.1 Å². The van der Waals surface area contributed by atoms with E-state index in [0.717, 1.165) is 11.5 Å². The molecular formula is C8H10N4. The minimum absolute atomic E-state index is 0.543. The molecule has 0 fully saturated rings. The largest absolute Gasteiger partial charge is 0.382 e. The third-order valence-corrected chi connectivity index (χ3v) is 1.75. The second-order valence-electron chi connectivity index (χ2n) is 2.66. The number of aliphatic imine (C=N–C) groups is 1. The van der Waals surface area contributed by atoms with Crippen LogP contribution in [-0.2, 0) is 0 Å². The number of hydrogen-bond acceptors (Lipinski definition) is 4. The lowest BCUT2D eigenvalue weighted by molar-refractivity contribution is 0.444. The topological polar surface area (TPSA) is 53.6 Å². The van der Waals surface area contributed by atoms with Gasteiger partial charge in [-0.1, -0.05) is 6.08 Å². The first-order valence-corrected chi connectivity index (χ1v) is 3.73. The minimum Gasteiger partial charge on any atom is -0.382 e. The molecule has 0 saturated heterocycles. The van der Waals surface area contributed by atoms with Gasteiger partial charge in [0, 0.05) is 6.20 Å². The van der Waals surface area contributed by atoms with Crippen molar-refractivity contribution in [2.24, 2.45) is 10.7 Å². The molecular weight excluding hydrogens is 152 g/mol. The van der Waals surface area contributed by atoms with Crippen LogP contribution >= 0.6 is 0 Å². The molecule has 0 aliphatic carbocycles. The van der Waals surface area contributed by atoms with E-state index in [1.54, 1.807) is 0 Å². The minimum atomic E-state index is 0.543. The average molecular weight is 162 g/mol. The van der Waals surface area contributed by atoms with Crippen molar-refractivity contribution in [1.29, 1.82) is 0 Å². The van der Waals surface area contributed by atoms with Crippen LogP contribution in [0.2, 0.25) is 0 Å². The summed E-state index contributed by atoms with van der Waals surface area (Å²) >= 11 is 0. The summed E-state index contributed by atoms with van der Waals surface area (Å²) in [6.45, 7) is 1.89. The number of nitrogens with two attached hydrogens (primary N) is 1. The second-order valence-corrected chi connectivity index (χ2v) is 2.66. The quantitative estimate of drug-likeness (QED) is 0.543. The van der Waals surface area contributed by atoms with E-state index in [-0.39, 0.29) is 0 Å². The molecule has 0 aromatic rings. The number of fused-ring (bicyclic) bond motifs is 1. The highest BCUT2D eigenvalue weighted by Gasteiger charge is 2.14. The Morgan fingerprint density at radius 2 is 2.33 bits per heavy atom. The number of nitrogens with zero attached hydrogens (tertiary/aromatic N) is 2. The van der Waals surface area contributed by atoms with Crippen molar-refractivity contribution in [2.75, 3.05) is 0 Å². The molecule has 0 aromatic carbocycles. The van der Waals surface area contributed by atoms with Gasteiger partial charge in [-0.25, -0.2) is 10.0 Å². The van der Waals surface area contributed by atoms with Crippen LogP contribution in [0, 0.1) is 0 Å². The first-order valence-electron chi connectivity index (χ1n) is 3.73. The second kappa shape index (κ2) is 2.41. The summed E-state index contributed by atoms with van der Waals surface area (Å²) < 4.78 is 0. The monoisotopic (exact) mass is 162 g/mol. The Labute approximate surface area is 70.7 Å². The zero-order chi connectivity index (χ0) is 8.55. The average Bonchev–Trinajstić information content (AvgIpc) is 2.07. The normalized spacial score (nSPS) is 20.4. The van der Waals surface area contributed by atoms with Crippen LogP contribution in [0.5, 0.6) is 0 Å². The molecule has 0 radical (unpaired) electrons. The summed E-state index contributed by atoms with van der Waals surface area (Å²) in [6, 6.07) is 0. The Hall–Kier alpha value is -1.71. The molecule has 12 heavy (non-hydrogen) atoms. The number of hydrogen-bond donors (Lipinski definition) is 2. The molecule has 3 N–H and O–H groups in total. The molecule has 4 heteroatoms. The van der Waals surface area contributed by atoms with E-state index in [0.29, 0.717) is 5.82 Å². The zero-order valence-corrected chi connectivity index (χ0v) is 6.78. The number of allylic oxidation sites excluding steroid dienone is 3. The number of nitrogens with one attached hydrogen (secondary N) is 1. The van der Waals surface area contributed by atoms with E-state index in [1.807, 2.05) is 36.4 Å². The van der Waals surface area contributed by atoms with Crippen LogP contribution in [0.25, 0.3) is 0 Å². The molecule has 0 unspecified atom stereocenters. The van der Waals surface area contributed by atoms with Gasteiger partial charge in [0.25, 0.3) is 0 Å². The van der Waals surface area contributed by atoms with Crippen LogP contribution in [-0.4, -0.2) is 10.8 Å². The molecule has 2 rings (SSSR count). The molecule has 2 aliphatic rings. The third kappa shape index (κ3) is 0.972. The lowest BCUT2D eigenvalue weighted by Gasteiger charge is -2.28. The molecule has 4 nitrogen and oxygen atoms in total. The maximum Gasteiger partial charge on any atom is 0.153 e. The van der Waals surface area contributed by atoms with Crippen LogP contribution in [0.15, 0.2) is 40.9 Å². The fourth-order valence-corrected chi connectivity index (χ4v) is 1.06. The number of hydrazine groups is 1. The lowest BCUT2D eigenvalue weighted by Crippen LogP contribution is -2.41. The molecule has 0 bridgehead atoms. The Kier molecular flexibility index (Phi) is 1.40. The van der Waals surface area contributed by atoms with Crippen LogP contribution in [0.3, 0.4) is 0 Å². The summed E-state index contributed by atoms with van der Waals surface area (Å²) in [6.07, 6.45) is 7.65. The smallest absolute Gasteiger partial charge is 0.153 e. The van der Waals surface area contributed by atoms with Crippen LogP contribution in [0.4, 0.5) is 0 Å². The predicted octanol–water partition coefficient (Wildman–Crippen LogP) is 0.436. The van der Waals surface area contributed by atoms with Gasteiger partial charge in [0.1, 0.15) is 5.82 Å². The van der Waals surface area contributed by atoms with Gasteiger partial charge >= 0.3 is 0 Å². The van der Waals surface area contributed by atoms with Crippen molar-refractivity contribution >= 4 is 5.84 Å². The van der Waals surface area contributed by atoms with E-state index < -0.39 is 0 Å². The summed E-state index contributed by atoms with van der Waals surface area (Å²) in [5.74, 6) is 1.36. The van der Waals surface area contributed by atoms with Crippen molar-refractivity contribution in [3.63, 3.8) is 0 Å². The molecule has 0 atom stereocenters. The van der Waals surface area contributed by atoms with Crippen molar-refractivity contribution in [2.45, 2.75) is 6.92 Å². The van der Waals surface area contributed by atoms with Crippen molar-refractivity contribution < 1.29 is 0 Å². The van der Waals surface area contributed by atoms with E-state index >= 15 is 0 Å². The Morgan fingerprint density at radius 1 is 1.50 bits per heavy atom. The fraction of sp³-hybridized carbons (Fsp3) is 0.125. The van der Waals surface area contributed by atoms with Gasteiger partial charge in [0.2, 0.25) is 0 Å². The molecule has 0 aromatic heterocycles. The standard InChI is InChI=1S/C8H10N4/c1-6-8(9)10-7-4-2-3-5-12(7)11-6/h2-5,11H,9H2,1H3. The number of amidine groups is 1. The predicted molar refractivity (Wildman–Crippen MR) is 47.6 cm³/mol. The number of rotatable bonds is 0. The molecule has 62 valence electrons. The van der Waals surface area contributed by atoms with Crippen LogP contribution < -0.4 is 11.2 Å². The molecule has 2 aliphatic heterocycles. The molecule has 0 saturated carbocycles. The third-order valence-electron chi connectivity index (χ3n) is 1.75. The van der Waals surface area contributed by atoms with E-state index in [9.17, 15) is 0 Å². The highest BCUT2D eigenvalue weighted by Crippen LogP contribution is 2.10. The fourth-order valence-electron chi connectivity index (χ4n) is 1.06. The van der Waals surface area contributed by atoms with Gasteiger partial charge < -0.3 is 5.73 Å². The van der Waals surface area contributed by atoms with Gasteiger partial charge in [-0.3, -0.25) is 5.43 Å². The maximum atomic E-state index is 5.63. The van der Waals surface area contributed by atoms with Gasteiger partial charge in [-0.2, -0.15) is 0 Å². The Bertz CT molecular complexity index is 322. The highest BCUT2D eigenvalue weighted by atomic mass is 15.5. The van der Waals surface area contributed by atoms with Gasteiger partial charge in [-0.15, -0.1) is 0 Å². The molecule has 2 heterocycles. The van der Waals surface area contributed by atoms with E-state index in [1.165, 1.54) is 0 Å². The first kappa shape index (κ1) is 6.97. The SMILES string of the molecule is CC1=C(N)N=C2C=CC=CN2N1. The molecule has 0 spiro atoms. The zero-order valence-electron chi connectivity index (χ0n) is 6.78. The lowest BCUT2D eigenvalue weighted by atomic mass is 10.3. The van der Waals surface area contributed by atoms with E-state index in [2.05, 4.69) is 10.4 Å². The summed E-state index contributed by atoms with van der Waals surface area (Å²) in [7, 11) is 0. The highest BCUT2D eigenvalue weighted by molar-refractivity contribution is 5.95. The van der Waals surface area contributed by atoms with E-state index in [4.69, 9.17) is 5.73 Å². The molecule has 0 amide bonds. The Balaban J connectivity index is 2.38. The summed E-state index contributed by atoms with van der Waals surface area (Å²) in [4.78, 5) is 4.18. The first-order chi connectivity index (χ1) is 5.77. The van der Waals surface area contributed by atoms with Crippen LogP contribution in [0.1, 0.15) is 6.92 Å². The van der Waals surface area contributed by atoms with Crippen molar-refractivity contribution in [1.82, 2.24) is 10.4 Å². The Morgan fingerprint density at radius 3 is 3.17 bits per heavy atom. The van der Waals surface area contributed by atoms with Crippen molar-refractivity contribution in [3.05, 3.63) is 35.9 Å². The van der Waals surface area contributed by atoms with Gasteiger partial charge in [0.15, 0.2) is 5.84 Å².